The van der Waals surface area contributed by atoms with Gasteiger partial charge in [0, 0.05) is 12.5 Å². The molecule has 0 heterocycles. The molecule has 0 saturated carbocycles. The summed E-state index contributed by atoms with van der Waals surface area (Å²) in [6, 6.07) is 8.87. The van der Waals surface area contributed by atoms with Crippen molar-refractivity contribution >= 4 is 17.7 Å². The molecule has 1 atom stereocenters. The lowest BCUT2D eigenvalue weighted by Crippen LogP contribution is -2.53. The maximum Gasteiger partial charge on any atom is 0.267 e. The van der Waals surface area contributed by atoms with Crippen molar-refractivity contribution in [2.24, 2.45) is 11.1 Å². The van der Waals surface area contributed by atoms with Crippen LogP contribution in [0.25, 0.3) is 0 Å². The fourth-order valence-corrected chi connectivity index (χ4v) is 3.00. The Bertz CT molecular complexity index is 747. The van der Waals surface area contributed by atoms with Crippen molar-refractivity contribution in [3.63, 3.8) is 0 Å². The van der Waals surface area contributed by atoms with Gasteiger partial charge in [0.15, 0.2) is 0 Å². The van der Waals surface area contributed by atoms with Crippen LogP contribution >= 0.6 is 0 Å². The molecule has 2 rings (SSSR count). The maximum absolute atomic E-state index is 12.7. The summed E-state index contributed by atoms with van der Waals surface area (Å²) in [7, 11) is 0. The molecular weight excluding hydrogens is 360 g/mol. The van der Waals surface area contributed by atoms with Crippen molar-refractivity contribution in [1.82, 2.24) is 16.1 Å². The average molecular weight is 386 g/mol. The van der Waals surface area contributed by atoms with E-state index in [0.29, 0.717) is 6.42 Å². The van der Waals surface area contributed by atoms with Crippen LogP contribution in [0.4, 0.5) is 0 Å². The molecular formula is C20H26N4O4. The zero-order valence-corrected chi connectivity index (χ0v) is 15.7. The Balaban J connectivity index is 1.96. The summed E-state index contributed by atoms with van der Waals surface area (Å²) in [6.07, 6.45) is 8.22. The Morgan fingerprint density at radius 2 is 1.82 bits per heavy atom. The number of benzene rings is 1. The summed E-state index contributed by atoms with van der Waals surface area (Å²) in [4.78, 5) is 36.0. The predicted molar refractivity (Wildman–Crippen MR) is 104 cm³/mol. The second-order valence-corrected chi connectivity index (χ2v) is 6.56. The van der Waals surface area contributed by atoms with Crippen LogP contribution in [0.3, 0.4) is 0 Å². The van der Waals surface area contributed by atoms with Gasteiger partial charge in [-0.05, 0) is 12.0 Å². The maximum atomic E-state index is 12.7. The quantitative estimate of drug-likeness (QED) is 0.250. The summed E-state index contributed by atoms with van der Waals surface area (Å²) in [5.74, 6) is -1.61. The molecule has 8 nitrogen and oxygen atoms in total. The van der Waals surface area contributed by atoms with E-state index in [0.717, 1.165) is 5.56 Å². The molecule has 0 radical (unpaired) electrons. The summed E-state index contributed by atoms with van der Waals surface area (Å²) >= 11 is 0. The molecule has 0 spiro atoms. The molecule has 28 heavy (non-hydrogen) atoms. The van der Waals surface area contributed by atoms with E-state index in [-0.39, 0.29) is 24.9 Å². The van der Waals surface area contributed by atoms with E-state index < -0.39 is 23.3 Å². The highest BCUT2D eigenvalue weighted by atomic mass is 16.5. The Morgan fingerprint density at radius 3 is 2.36 bits per heavy atom. The molecule has 0 aromatic heterocycles. The predicted octanol–water partition coefficient (Wildman–Crippen LogP) is 0.358. The highest BCUT2D eigenvalue weighted by Gasteiger charge is 2.34. The highest BCUT2D eigenvalue weighted by Crippen LogP contribution is 2.34. The average Bonchev–Trinajstić information content (AvgIpc) is 2.75. The van der Waals surface area contributed by atoms with Gasteiger partial charge in [-0.25, -0.2) is 5.48 Å². The van der Waals surface area contributed by atoms with Crippen LogP contribution in [0.5, 0.6) is 0 Å². The molecule has 0 bridgehead atoms. The normalized spacial score (nSPS) is 21.6. The SMILES string of the molecule is CCC1(C(=O)NCC(=O)N[C@@H](CN)C(=O)NO)C=CC(c2ccccc2)C=C1. The second-order valence-electron chi connectivity index (χ2n) is 6.56. The van der Waals surface area contributed by atoms with E-state index in [1.165, 1.54) is 5.48 Å². The number of hydroxylamine groups is 1. The Morgan fingerprint density at radius 1 is 1.18 bits per heavy atom. The summed E-state index contributed by atoms with van der Waals surface area (Å²) < 4.78 is 0. The van der Waals surface area contributed by atoms with E-state index >= 15 is 0 Å². The van der Waals surface area contributed by atoms with Crippen LogP contribution in [0.2, 0.25) is 0 Å². The van der Waals surface area contributed by atoms with E-state index in [1.54, 1.807) is 0 Å². The van der Waals surface area contributed by atoms with Gasteiger partial charge >= 0.3 is 0 Å². The lowest BCUT2D eigenvalue weighted by atomic mass is 9.77. The minimum atomic E-state index is -1.07. The Kier molecular flexibility index (Phi) is 7.48. The van der Waals surface area contributed by atoms with Crippen molar-refractivity contribution < 1.29 is 19.6 Å². The van der Waals surface area contributed by atoms with E-state index in [9.17, 15) is 14.4 Å². The largest absolute Gasteiger partial charge is 0.346 e. The van der Waals surface area contributed by atoms with E-state index in [4.69, 9.17) is 10.9 Å². The van der Waals surface area contributed by atoms with Crippen LogP contribution in [0, 0.1) is 5.41 Å². The van der Waals surface area contributed by atoms with Crippen molar-refractivity contribution in [2.75, 3.05) is 13.1 Å². The molecule has 150 valence electrons. The third kappa shape index (κ3) is 5.05. The number of amides is 3. The van der Waals surface area contributed by atoms with Crippen LogP contribution in [0.15, 0.2) is 54.6 Å². The number of allylic oxidation sites excluding steroid dienone is 2. The zero-order chi connectivity index (χ0) is 20.6. The van der Waals surface area contributed by atoms with Gasteiger partial charge in [0.25, 0.3) is 5.91 Å². The number of carbonyl (C=O) groups excluding carboxylic acids is 3. The summed E-state index contributed by atoms with van der Waals surface area (Å²) in [6.45, 7) is 1.41. The molecule has 0 aliphatic heterocycles. The van der Waals surface area contributed by atoms with E-state index in [2.05, 4.69) is 10.6 Å². The van der Waals surface area contributed by atoms with Crippen molar-refractivity contribution in [1.29, 1.82) is 0 Å². The Hall–Kier alpha value is -2.97. The molecule has 0 fully saturated rings. The fraction of sp³-hybridized carbons (Fsp3) is 0.350. The first kappa shape index (κ1) is 21.3. The molecule has 1 aliphatic carbocycles. The van der Waals surface area contributed by atoms with Gasteiger partial charge in [-0.3, -0.25) is 19.6 Å². The van der Waals surface area contributed by atoms with Crippen LogP contribution < -0.4 is 21.8 Å². The number of hydrogen-bond donors (Lipinski definition) is 5. The first-order valence-electron chi connectivity index (χ1n) is 9.11. The first-order chi connectivity index (χ1) is 13.5. The van der Waals surface area contributed by atoms with E-state index in [1.807, 2.05) is 61.6 Å². The number of hydrogen-bond acceptors (Lipinski definition) is 5. The van der Waals surface area contributed by atoms with Gasteiger partial charge in [-0.15, -0.1) is 0 Å². The molecule has 6 N–H and O–H groups in total. The van der Waals surface area contributed by atoms with Gasteiger partial charge in [0.2, 0.25) is 11.8 Å². The zero-order valence-electron chi connectivity index (χ0n) is 15.7. The third-order valence-corrected chi connectivity index (χ3v) is 4.80. The van der Waals surface area contributed by atoms with Crippen LogP contribution in [0.1, 0.15) is 24.8 Å². The standard InChI is InChI=1S/C20H26N4O4/c1-2-20(10-8-15(9-11-20)14-6-4-3-5-7-14)19(27)22-13-17(25)23-16(12-21)18(26)24-28/h3-11,15-16,28H,2,12-13,21H2,1H3,(H,22,27)(H,23,25)(H,24,26)/t15?,16-,20?/m0/s1. The lowest BCUT2D eigenvalue weighted by molar-refractivity contribution is -0.134. The van der Waals surface area contributed by atoms with Gasteiger partial charge in [-0.1, -0.05) is 61.6 Å². The number of rotatable bonds is 8. The van der Waals surface area contributed by atoms with Crippen LogP contribution in [-0.2, 0) is 14.4 Å². The molecule has 3 amide bonds. The van der Waals surface area contributed by atoms with Gasteiger partial charge in [0.1, 0.15) is 6.04 Å². The summed E-state index contributed by atoms with van der Waals surface area (Å²) in [5, 5.41) is 13.6. The molecule has 8 heteroatoms. The molecule has 0 unspecified atom stereocenters. The molecule has 1 aromatic carbocycles. The fourth-order valence-electron chi connectivity index (χ4n) is 3.00. The second kappa shape index (κ2) is 9.82. The number of nitrogens with one attached hydrogen (secondary N) is 3. The third-order valence-electron chi connectivity index (χ3n) is 4.80. The lowest BCUT2D eigenvalue weighted by Gasteiger charge is -2.29. The van der Waals surface area contributed by atoms with Crippen molar-refractivity contribution in [2.45, 2.75) is 25.3 Å². The van der Waals surface area contributed by atoms with Gasteiger partial charge in [-0.2, -0.15) is 0 Å². The van der Waals surface area contributed by atoms with Gasteiger partial charge < -0.3 is 16.4 Å². The smallest absolute Gasteiger partial charge is 0.267 e. The van der Waals surface area contributed by atoms with Crippen LogP contribution in [-0.4, -0.2) is 42.1 Å². The molecule has 0 saturated heterocycles. The van der Waals surface area contributed by atoms with Gasteiger partial charge in [0.05, 0.1) is 12.0 Å². The molecule has 1 aromatic rings. The Labute approximate surface area is 163 Å². The minimum absolute atomic E-state index is 0.0966. The monoisotopic (exact) mass is 386 g/mol. The topological polar surface area (TPSA) is 134 Å². The first-order valence-corrected chi connectivity index (χ1v) is 9.11. The number of nitrogens with two attached hydrogens (primary N) is 1. The summed E-state index contributed by atoms with van der Waals surface area (Å²) in [5.41, 5.74) is 7.11. The van der Waals surface area contributed by atoms with Crippen molar-refractivity contribution in [3.05, 3.63) is 60.2 Å². The minimum Gasteiger partial charge on any atom is -0.346 e. The molecule has 1 aliphatic rings. The highest BCUT2D eigenvalue weighted by molar-refractivity contribution is 5.92. The van der Waals surface area contributed by atoms with Crippen molar-refractivity contribution in [3.8, 4) is 0 Å². The number of carbonyl (C=O) groups is 3.